The van der Waals surface area contributed by atoms with Gasteiger partial charge in [0.15, 0.2) is 0 Å². The average molecular weight is 427 g/mol. The molecule has 2 aromatic rings. The number of halogens is 3. The van der Waals surface area contributed by atoms with E-state index in [0.29, 0.717) is 11.3 Å². The third-order valence-electron chi connectivity index (χ3n) is 2.87. The number of hydrogen-bond donors (Lipinski definition) is 0. The van der Waals surface area contributed by atoms with Gasteiger partial charge in [0.2, 0.25) is 0 Å². The van der Waals surface area contributed by atoms with Gasteiger partial charge in [0, 0.05) is 15.3 Å². The lowest BCUT2D eigenvalue weighted by atomic mass is 10.1. The van der Waals surface area contributed by atoms with E-state index in [1.54, 1.807) is 43.5 Å². The lowest BCUT2D eigenvalue weighted by Gasteiger charge is -2.07. The van der Waals surface area contributed by atoms with Gasteiger partial charge in [0.1, 0.15) is 11.5 Å². The Morgan fingerprint density at radius 2 is 1.74 bits per heavy atom. The maximum absolute atomic E-state index is 12.6. The van der Waals surface area contributed by atoms with E-state index < -0.39 is 7.47 Å². The molecule has 0 atom stereocenters. The molecule has 0 heterocycles. The molecule has 0 aromatic heterocycles. The zero-order valence-corrected chi connectivity index (χ0v) is 14.4. The van der Waals surface area contributed by atoms with Crippen LogP contribution < -0.4 is 4.74 Å². The molecule has 0 amide bonds. The quantitative estimate of drug-likeness (QED) is 0.282. The van der Waals surface area contributed by atoms with E-state index in [0.717, 1.165) is 9.32 Å². The molecular formula is C16H13BF2INO2. The molecule has 0 radical (unpaired) electrons. The predicted molar refractivity (Wildman–Crippen MR) is 97.3 cm³/mol. The van der Waals surface area contributed by atoms with Crippen LogP contribution in [0.15, 0.2) is 59.6 Å². The minimum absolute atomic E-state index is 0.0636. The van der Waals surface area contributed by atoms with Crippen LogP contribution in [0.1, 0.15) is 5.56 Å². The van der Waals surface area contributed by atoms with Gasteiger partial charge in [-0.25, -0.2) is 8.63 Å². The second-order valence-corrected chi connectivity index (χ2v) is 5.64. The Morgan fingerprint density at radius 1 is 1.09 bits per heavy atom. The molecule has 0 fully saturated rings. The number of allylic oxidation sites excluding steroid dienone is 1. The second kappa shape index (κ2) is 8.66. The Kier molecular flexibility index (Phi) is 6.58. The Hall–Kier alpha value is -1.90. The van der Waals surface area contributed by atoms with E-state index in [9.17, 15) is 8.63 Å². The summed E-state index contributed by atoms with van der Waals surface area (Å²) < 4.78 is 35.8. The molecule has 2 rings (SSSR count). The molecule has 0 bridgehead atoms. The molecule has 0 saturated carbocycles. The van der Waals surface area contributed by atoms with Crippen molar-refractivity contribution in [3.63, 3.8) is 0 Å². The second-order valence-electron chi connectivity index (χ2n) is 4.39. The summed E-state index contributed by atoms with van der Waals surface area (Å²) in [6.07, 6.45) is 2.84. The highest BCUT2D eigenvalue weighted by molar-refractivity contribution is 14.1. The van der Waals surface area contributed by atoms with Crippen molar-refractivity contribution in [3.8, 4) is 5.75 Å². The van der Waals surface area contributed by atoms with Crippen molar-refractivity contribution < 1.29 is 18.0 Å². The van der Waals surface area contributed by atoms with Crippen molar-refractivity contribution in [1.29, 1.82) is 0 Å². The molecule has 23 heavy (non-hydrogen) atoms. The smallest absolute Gasteiger partial charge is 0.505 e. The molecule has 0 aliphatic rings. The predicted octanol–water partition coefficient (Wildman–Crippen LogP) is 4.98. The Balaban J connectivity index is 2.18. The van der Waals surface area contributed by atoms with Gasteiger partial charge in [0.25, 0.3) is 0 Å². The first-order valence-corrected chi connectivity index (χ1v) is 7.75. The molecule has 0 saturated heterocycles. The normalized spacial score (nSPS) is 11.6. The van der Waals surface area contributed by atoms with Gasteiger partial charge in [0.05, 0.1) is 12.8 Å². The monoisotopic (exact) mass is 427 g/mol. The summed E-state index contributed by atoms with van der Waals surface area (Å²) in [4.78, 5) is 4.19. The van der Waals surface area contributed by atoms with Crippen molar-refractivity contribution in [1.82, 2.24) is 0 Å². The number of rotatable bonds is 6. The van der Waals surface area contributed by atoms with Crippen LogP contribution in [0.3, 0.4) is 0 Å². The number of hydrogen-bond acceptors (Lipinski definition) is 3. The highest BCUT2D eigenvalue weighted by atomic mass is 127. The summed E-state index contributed by atoms with van der Waals surface area (Å²) in [5.41, 5.74) is 1.24. The van der Waals surface area contributed by atoms with Crippen LogP contribution in [0.5, 0.6) is 5.75 Å². The minimum atomic E-state index is -2.89. The van der Waals surface area contributed by atoms with Crippen LogP contribution in [-0.2, 0) is 4.65 Å². The van der Waals surface area contributed by atoms with E-state index in [1.807, 2.05) is 12.1 Å². The third kappa shape index (κ3) is 5.67. The number of methoxy groups -OCH3 is 1. The summed E-state index contributed by atoms with van der Waals surface area (Å²) in [5, 5.41) is 0. The first-order chi connectivity index (χ1) is 11.1. The standard InChI is InChI=1S/C16H13BF2INO2/c1-22-15-8-6-14(7-9-15)21-11-10-16(23-17(18)19)12-2-4-13(20)5-3-12/h2-11H,1H3/b16-10-,21-11?. The molecule has 118 valence electrons. The van der Waals surface area contributed by atoms with Crippen LogP contribution in [-0.4, -0.2) is 20.8 Å². The maximum Gasteiger partial charge on any atom is 0.796 e. The van der Waals surface area contributed by atoms with E-state index in [2.05, 4.69) is 32.2 Å². The summed E-state index contributed by atoms with van der Waals surface area (Å²) in [5.74, 6) is 0.786. The first-order valence-electron chi connectivity index (χ1n) is 6.67. The molecule has 0 aliphatic heterocycles. The highest BCUT2D eigenvalue weighted by Crippen LogP contribution is 2.20. The van der Waals surface area contributed by atoms with Gasteiger partial charge in [-0.15, -0.1) is 0 Å². The molecule has 2 aromatic carbocycles. The molecule has 7 heteroatoms. The third-order valence-corrected chi connectivity index (χ3v) is 3.59. The van der Waals surface area contributed by atoms with Crippen molar-refractivity contribution in [2.24, 2.45) is 4.99 Å². The van der Waals surface area contributed by atoms with Gasteiger partial charge in [-0.3, -0.25) is 4.99 Å². The van der Waals surface area contributed by atoms with E-state index in [1.165, 1.54) is 12.3 Å². The Labute approximate surface area is 147 Å². The van der Waals surface area contributed by atoms with Gasteiger partial charge in [-0.05, 0) is 65.1 Å². The van der Waals surface area contributed by atoms with E-state index in [4.69, 9.17) is 4.74 Å². The topological polar surface area (TPSA) is 30.8 Å². The van der Waals surface area contributed by atoms with Gasteiger partial charge in [-0.1, -0.05) is 12.1 Å². The summed E-state index contributed by atoms with van der Waals surface area (Å²) in [6, 6.07) is 14.1. The molecule has 0 unspecified atom stereocenters. The van der Waals surface area contributed by atoms with E-state index >= 15 is 0 Å². The number of benzene rings is 2. The number of nitrogens with zero attached hydrogens (tertiary/aromatic N) is 1. The van der Waals surface area contributed by atoms with Gasteiger partial charge < -0.3 is 9.39 Å². The van der Waals surface area contributed by atoms with E-state index in [-0.39, 0.29) is 5.76 Å². The molecule has 3 nitrogen and oxygen atoms in total. The van der Waals surface area contributed by atoms with Gasteiger partial charge in [-0.2, -0.15) is 0 Å². The zero-order valence-electron chi connectivity index (χ0n) is 12.2. The van der Waals surface area contributed by atoms with Crippen LogP contribution in [0.25, 0.3) is 5.76 Å². The highest BCUT2D eigenvalue weighted by Gasteiger charge is 2.19. The van der Waals surface area contributed by atoms with Crippen molar-refractivity contribution >= 4 is 47.7 Å². The fourth-order valence-corrected chi connectivity index (χ4v) is 2.13. The summed E-state index contributed by atoms with van der Waals surface area (Å²) in [7, 11) is -1.31. The average Bonchev–Trinajstić information content (AvgIpc) is 2.55. The fourth-order valence-electron chi connectivity index (χ4n) is 1.77. The number of aliphatic imine (C=N–C) groups is 1. The van der Waals surface area contributed by atoms with Crippen molar-refractivity contribution in [2.45, 2.75) is 0 Å². The summed E-state index contributed by atoms with van der Waals surface area (Å²) >= 11 is 2.14. The molecular weight excluding hydrogens is 414 g/mol. The van der Waals surface area contributed by atoms with Crippen molar-refractivity contribution in [3.05, 3.63) is 63.7 Å². The maximum atomic E-state index is 12.6. The number of ether oxygens (including phenoxy) is 1. The summed E-state index contributed by atoms with van der Waals surface area (Å²) in [6.45, 7) is 0. The van der Waals surface area contributed by atoms with Crippen LogP contribution in [0.2, 0.25) is 0 Å². The SMILES string of the molecule is COc1ccc(N=C/C=C(\OB(F)F)c2ccc(I)cc2)cc1. The molecule has 0 aliphatic carbocycles. The minimum Gasteiger partial charge on any atom is -0.505 e. The van der Waals surface area contributed by atoms with Crippen LogP contribution in [0.4, 0.5) is 14.3 Å². The van der Waals surface area contributed by atoms with Gasteiger partial charge >= 0.3 is 7.47 Å². The zero-order chi connectivity index (χ0) is 16.7. The Bertz CT molecular complexity index is 688. The van der Waals surface area contributed by atoms with Crippen molar-refractivity contribution in [2.75, 3.05) is 7.11 Å². The fraction of sp³-hybridized carbons (Fsp3) is 0.0625. The first kappa shape index (κ1) is 17.5. The lowest BCUT2D eigenvalue weighted by molar-refractivity contribution is 0.397. The van der Waals surface area contributed by atoms with Crippen LogP contribution >= 0.6 is 22.6 Å². The molecule has 0 spiro atoms. The van der Waals surface area contributed by atoms with Crippen LogP contribution in [0, 0.1) is 3.57 Å². The largest absolute Gasteiger partial charge is 0.796 e. The lowest BCUT2D eigenvalue weighted by Crippen LogP contribution is -2.04. The molecule has 0 N–H and O–H groups in total. The Morgan fingerprint density at radius 3 is 2.30 bits per heavy atom.